The van der Waals surface area contributed by atoms with E-state index in [0.717, 1.165) is 12.2 Å². The molecule has 0 fully saturated rings. The van der Waals surface area contributed by atoms with E-state index in [-0.39, 0.29) is 11.9 Å². The molecule has 0 saturated heterocycles. The lowest BCUT2D eigenvalue weighted by atomic mass is 10.2. The third-order valence-electron chi connectivity index (χ3n) is 2.46. The predicted molar refractivity (Wildman–Crippen MR) is 65.8 cm³/mol. The first-order chi connectivity index (χ1) is 7.54. The quantitative estimate of drug-likeness (QED) is 0.841. The van der Waals surface area contributed by atoms with E-state index >= 15 is 0 Å². The minimum Gasteiger partial charge on any atom is -0.363 e. The van der Waals surface area contributed by atoms with Crippen LogP contribution in [0.15, 0.2) is 18.3 Å². The van der Waals surface area contributed by atoms with Crippen LogP contribution in [0.2, 0.25) is 0 Å². The first kappa shape index (κ1) is 12.5. The lowest BCUT2D eigenvalue weighted by molar-refractivity contribution is 0.0939. The number of carbonyl (C=O) groups excluding carboxylic acids is 1. The molecule has 1 unspecified atom stereocenters. The Morgan fingerprint density at radius 1 is 1.56 bits per heavy atom. The molecule has 0 bridgehead atoms. The zero-order chi connectivity index (χ0) is 12.1. The van der Waals surface area contributed by atoms with Crippen LogP contribution in [0, 0.1) is 0 Å². The number of nitrogens with one attached hydrogen (secondary N) is 1. The summed E-state index contributed by atoms with van der Waals surface area (Å²) < 4.78 is 0. The van der Waals surface area contributed by atoms with E-state index in [2.05, 4.69) is 10.3 Å². The molecule has 0 radical (unpaired) electrons. The Kier molecular flexibility index (Phi) is 4.28. The molecule has 4 heteroatoms. The van der Waals surface area contributed by atoms with Gasteiger partial charge in [0.15, 0.2) is 0 Å². The van der Waals surface area contributed by atoms with Gasteiger partial charge in [0, 0.05) is 31.9 Å². The first-order valence-corrected chi connectivity index (χ1v) is 5.48. The minimum absolute atomic E-state index is 0.0418. The average Bonchev–Trinajstić information content (AvgIpc) is 2.28. The number of hydrogen-bond donors (Lipinski definition) is 1. The van der Waals surface area contributed by atoms with Gasteiger partial charge in [-0.3, -0.25) is 4.79 Å². The number of anilines is 1. The zero-order valence-electron chi connectivity index (χ0n) is 10.3. The summed E-state index contributed by atoms with van der Waals surface area (Å²) in [5, 5.41) is 2.93. The normalized spacial score (nSPS) is 12.0. The van der Waals surface area contributed by atoms with Gasteiger partial charge in [-0.25, -0.2) is 4.98 Å². The van der Waals surface area contributed by atoms with Gasteiger partial charge >= 0.3 is 0 Å². The smallest absolute Gasteiger partial charge is 0.251 e. The maximum atomic E-state index is 11.8. The van der Waals surface area contributed by atoms with Crippen molar-refractivity contribution >= 4 is 11.7 Å². The Hall–Kier alpha value is -1.58. The molecule has 1 aromatic heterocycles. The predicted octanol–water partition coefficient (Wildman–Crippen LogP) is 1.68. The molecule has 0 spiro atoms. The van der Waals surface area contributed by atoms with Crippen molar-refractivity contribution in [2.24, 2.45) is 0 Å². The Balaban J connectivity index is 2.79. The highest BCUT2D eigenvalue weighted by Gasteiger charge is 2.09. The van der Waals surface area contributed by atoms with Crippen LogP contribution >= 0.6 is 0 Å². The summed E-state index contributed by atoms with van der Waals surface area (Å²) in [5.74, 6) is 0.747. The molecule has 88 valence electrons. The van der Waals surface area contributed by atoms with E-state index in [4.69, 9.17) is 0 Å². The number of rotatable bonds is 4. The molecule has 0 aliphatic heterocycles. The third kappa shape index (κ3) is 3.22. The number of hydrogen-bond acceptors (Lipinski definition) is 3. The van der Waals surface area contributed by atoms with Gasteiger partial charge < -0.3 is 10.2 Å². The maximum Gasteiger partial charge on any atom is 0.251 e. The van der Waals surface area contributed by atoms with Crippen molar-refractivity contribution < 1.29 is 4.79 Å². The van der Waals surface area contributed by atoms with E-state index in [1.807, 2.05) is 32.8 Å². The molecule has 0 aliphatic rings. The van der Waals surface area contributed by atoms with Gasteiger partial charge in [0.05, 0.1) is 0 Å². The second kappa shape index (κ2) is 5.49. The summed E-state index contributed by atoms with van der Waals surface area (Å²) in [6.07, 6.45) is 2.58. The lowest BCUT2D eigenvalue weighted by Crippen LogP contribution is -2.32. The molecule has 16 heavy (non-hydrogen) atoms. The van der Waals surface area contributed by atoms with Crippen LogP contribution in [0.25, 0.3) is 0 Å². The molecule has 1 heterocycles. The number of aromatic nitrogens is 1. The van der Waals surface area contributed by atoms with Crippen LogP contribution in [0.4, 0.5) is 5.82 Å². The topological polar surface area (TPSA) is 45.2 Å². The highest BCUT2D eigenvalue weighted by atomic mass is 16.1. The molecule has 0 aliphatic carbocycles. The van der Waals surface area contributed by atoms with Crippen LogP contribution in [0.1, 0.15) is 30.6 Å². The van der Waals surface area contributed by atoms with Crippen LogP contribution < -0.4 is 10.2 Å². The Bertz CT molecular complexity index is 363. The summed E-state index contributed by atoms with van der Waals surface area (Å²) in [6, 6.07) is 3.71. The summed E-state index contributed by atoms with van der Waals surface area (Å²) >= 11 is 0. The van der Waals surface area contributed by atoms with Gasteiger partial charge in [0.25, 0.3) is 5.91 Å². The molecular weight excluding hydrogens is 202 g/mol. The van der Waals surface area contributed by atoms with E-state index in [0.29, 0.717) is 5.56 Å². The van der Waals surface area contributed by atoms with Crippen molar-refractivity contribution in [1.29, 1.82) is 0 Å². The highest BCUT2D eigenvalue weighted by Crippen LogP contribution is 2.09. The third-order valence-corrected chi connectivity index (χ3v) is 2.46. The van der Waals surface area contributed by atoms with Gasteiger partial charge in [-0.2, -0.15) is 0 Å². The molecular formula is C12H19N3O. The van der Waals surface area contributed by atoms with Crippen molar-refractivity contribution in [3.63, 3.8) is 0 Å². The molecule has 0 aromatic carbocycles. The highest BCUT2D eigenvalue weighted by molar-refractivity contribution is 5.94. The fourth-order valence-electron chi connectivity index (χ4n) is 1.21. The van der Waals surface area contributed by atoms with Crippen LogP contribution in [0.5, 0.6) is 0 Å². The first-order valence-electron chi connectivity index (χ1n) is 5.48. The SMILES string of the molecule is CCC(C)NC(=O)c1ccnc(N(C)C)c1. The zero-order valence-corrected chi connectivity index (χ0v) is 10.3. The van der Waals surface area contributed by atoms with E-state index in [9.17, 15) is 4.79 Å². The van der Waals surface area contributed by atoms with E-state index < -0.39 is 0 Å². The summed E-state index contributed by atoms with van der Waals surface area (Å²) in [7, 11) is 3.80. The van der Waals surface area contributed by atoms with E-state index in [1.54, 1.807) is 18.3 Å². The fraction of sp³-hybridized carbons (Fsp3) is 0.500. The van der Waals surface area contributed by atoms with Crippen LogP contribution in [0.3, 0.4) is 0 Å². The summed E-state index contributed by atoms with van der Waals surface area (Å²) in [4.78, 5) is 17.9. The molecule has 4 nitrogen and oxygen atoms in total. The van der Waals surface area contributed by atoms with Crippen LogP contribution in [-0.2, 0) is 0 Å². The standard InChI is InChI=1S/C12H19N3O/c1-5-9(2)14-12(16)10-6-7-13-11(8-10)15(3)4/h6-9H,5H2,1-4H3,(H,14,16). The molecule has 1 amide bonds. The minimum atomic E-state index is -0.0418. The van der Waals surface area contributed by atoms with Gasteiger partial charge in [-0.05, 0) is 25.5 Å². The molecule has 0 saturated carbocycles. The maximum absolute atomic E-state index is 11.8. The van der Waals surface area contributed by atoms with Crippen molar-refractivity contribution in [3.05, 3.63) is 23.9 Å². The average molecular weight is 221 g/mol. The number of carbonyl (C=O) groups is 1. The van der Waals surface area contributed by atoms with Crippen molar-refractivity contribution in [2.75, 3.05) is 19.0 Å². The van der Waals surface area contributed by atoms with Gasteiger partial charge in [-0.15, -0.1) is 0 Å². The molecule has 1 rings (SSSR count). The molecule has 1 atom stereocenters. The Morgan fingerprint density at radius 3 is 2.81 bits per heavy atom. The number of nitrogens with zero attached hydrogens (tertiary/aromatic N) is 2. The molecule has 1 aromatic rings. The second-order valence-electron chi connectivity index (χ2n) is 4.08. The summed E-state index contributed by atoms with van der Waals surface area (Å²) in [6.45, 7) is 4.04. The van der Waals surface area contributed by atoms with Crippen molar-refractivity contribution in [2.45, 2.75) is 26.3 Å². The second-order valence-corrected chi connectivity index (χ2v) is 4.08. The van der Waals surface area contributed by atoms with Crippen LogP contribution in [-0.4, -0.2) is 31.0 Å². The van der Waals surface area contributed by atoms with Crippen molar-refractivity contribution in [3.8, 4) is 0 Å². The molecule has 1 N–H and O–H groups in total. The lowest BCUT2D eigenvalue weighted by Gasteiger charge is -2.14. The van der Waals surface area contributed by atoms with Gasteiger partial charge in [0.1, 0.15) is 5.82 Å². The fourth-order valence-corrected chi connectivity index (χ4v) is 1.21. The van der Waals surface area contributed by atoms with Gasteiger partial charge in [0.2, 0.25) is 0 Å². The monoisotopic (exact) mass is 221 g/mol. The largest absolute Gasteiger partial charge is 0.363 e. The summed E-state index contributed by atoms with van der Waals surface area (Å²) in [5.41, 5.74) is 0.652. The van der Waals surface area contributed by atoms with Crippen molar-refractivity contribution in [1.82, 2.24) is 10.3 Å². The van der Waals surface area contributed by atoms with E-state index in [1.165, 1.54) is 0 Å². The Labute approximate surface area is 96.7 Å². The number of pyridine rings is 1. The number of amides is 1. The Morgan fingerprint density at radius 2 is 2.25 bits per heavy atom. The van der Waals surface area contributed by atoms with Gasteiger partial charge in [-0.1, -0.05) is 6.92 Å².